The van der Waals surface area contributed by atoms with Gasteiger partial charge in [-0.15, -0.1) is 0 Å². The van der Waals surface area contributed by atoms with Crippen LogP contribution < -0.4 is 11.1 Å². The molecule has 0 radical (unpaired) electrons. The fraction of sp³-hybridized carbons (Fsp3) is 0.533. The molecule has 0 aromatic heterocycles. The van der Waals surface area contributed by atoms with Gasteiger partial charge in [-0.1, -0.05) is 25.4 Å². The third kappa shape index (κ3) is 4.12. The van der Waals surface area contributed by atoms with Gasteiger partial charge in [0.15, 0.2) is 0 Å². The third-order valence-corrected chi connectivity index (χ3v) is 4.02. The van der Waals surface area contributed by atoms with E-state index in [0.29, 0.717) is 22.4 Å². The number of nitrogens with zero attached hydrogens (tertiary/aromatic N) is 1. The van der Waals surface area contributed by atoms with Crippen molar-refractivity contribution in [1.82, 2.24) is 4.90 Å². The molecule has 0 heterocycles. The molecule has 112 valence electrons. The van der Waals surface area contributed by atoms with Crippen LogP contribution in [0.4, 0.5) is 11.4 Å². The quantitative estimate of drug-likeness (QED) is 0.792. The monoisotopic (exact) mass is 297 g/mol. The molecule has 1 amide bonds. The number of nitrogen functional groups attached to an aromatic ring is 1. The highest BCUT2D eigenvalue weighted by Gasteiger charge is 2.23. The fourth-order valence-corrected chi connectivity index (χ4v) is 2.41. The molecule has 4 nitrogen and oxygen atoms in total. The van der Waals surface area contributed by atoms with Crippen LogP contribution in [-0.2, 0) is 4.79 Å². The molecule has 20 heavy (non-hydrogen) atoms. The van der Waals surface area contributed by atoms with Gasteiger partial charge in [0.05, 0.1) is 17.4 Å². The molecular formula is C15H24ClN3O. The fourth-order valence-electron chi connectivity index (χ4n) is 2.24. The van der Waals surface area contributed by atoms with Crippen LogP contribution in [0.1, 0.15) is 33.6 Å². The number of nitrogens with one attached hydrogen (secondary N) is 1. The number of rotatable bonds is 6. The molecule has 0 bridgehead atoms. The first kappa shape index (κ1) is 16.8. The van der Waals surface area contributed by atoms with Crippen molar-refractivity contribution in [1.29, 1.82) is 0 Å². The van der Waals surface area contributed by atoms with Crippen LogP contribution in [0.5, 0.6) is 0 Å². The average molecular weight is 298 g/mol. The lowest BCUT2D eigenvalue weighted by Crippen LogP contribution is -2.45. The summed E-state index contributed by atoms with van der Waals surface area (Å²) in [7, 11) is 1.98. The number of hydrogen-bond donors (Lipinski definition) is 2. The summed E-state index contributed by atoms with van der Waals surface area (Å²) >= 11 is 5.92. The summed E-state index contributed by atoms with van der Waals surface area (Å²) in [5.74, 6) is -0.0756. The van der Waals surface area contributed by atoms with Crippen molar-refractivity contribution in [3.63, 3.8) is 0 Å². The van der Waals surface area contributed by atoms with E-state index in [1.807, 2.05) is 14.0 Å². The van der Waals surface area contributed by atoms with E-state index in [0.717, 1.165) is 12.8 Å². The summed E-state index contributed by atoms with van der Waals surface area (Å²) in [5, 5.41) is 3.40. The van der Waals surface area contributed by atoms with E-state index < -0.39 is 0 Å². The van der Waals surface area contributed by atoms with E-state index in [1.165, 1.54) is 0 Å². The molecule has 3 N–H and O–H groups in total. The highest BCUT2D eigenvalue weighted by atomic mass is 35.5. The van der Waals surface area contributed by atoms with E-state index in [2.05, 4.69) is 24.1 Å². The summed E-state index contributed by atoms with van der Waals surface area (Å²) in [5.41, 5.74) is 6.92. The van der Waals surface area contributed by atoms with Crippen molar-refractivity contribution < 1.29 is 4.79 Å². The minimum Gasteiger partial charge on any atom is -0.397 e. The molecule has 1 rings (SSSR count). The molecule has 1 atom stereocenters. The molecule has 0 spiro atoms. The van der Waals surface area contributed by atoms with Crippen molar-refractivity contribution in [2.75, 3.05) is 18.1 Å². The van der Waals surface area contributed by atoms with Gasteiger partial charge in [-0.2, -0.15) is 0 Å². The number of carbonyl (C=O) groups excluding carboxylic acids is 1. The van der Waals surface area contributed by atoms with E-state index in [4.69, 9.17) is 17.3 Å². The molecule has 1 aromatic rings. The Labute approximate surface area is 126 Å². The summed E-state index contributed by atoms with van der Waals surface area (Å²) in [6, 6.07) is 5.23. The first-order valence-corrected chi connectivity index (χ1v) is 7.36. The van der Waals surface area contributed by atoms with Crippen LogP contribution in [0.25, 0.3) is 0 Å². The number of carbonyl (C=O) groups is 1. The SMILES string of the molecule is CCC(CC)N(C)C(C)C(=O)Nc1cc(Cl)ccc1N. The number of halogens is 1. The Hall–Kier alpha value is -1.26. The van der Waals surface area contributed by atoms with Gasteiger partial charge >= 0.3 is 0 Å². The van der Waals surface area contributed by atoms with E-state index in [1.54, 1.807) is 18.2 Å². The van der Waals surface area contributed by atoms with Gasteiger partial charge in [0, 0.05) is 11.1 Å². The van der Waals surface area contributed by atoms with Crippen molar-refractivity contribution in [3.05, 3.63) is 23.2 Å². The second-order valence-electron chi connectivity index (χ2n) is 5.03. The van der Waals surface area contributed by atoms with Gasteiger partial charge in [-0.3, -0.25) is 9.69 Å². The Kier molecular flexibility index (Phi) is 6.30. The van der Waals surface area contributed by atoms with E-state index in [-0.39, 0.29) is 11.9 Å². The van der Waals surface area contributed by atoms with Gasteiger partial charge in [0.25, 0.3) is 0 Å². The largest absolute Gasteiger partial charge is 0.397 e. The van der Waals surface area contributed by atoms with Crippen LogP contribution in [0.2, 0.25) is 5.02 Å². The normalized spacial score (nSPS) is 12.8. The molecule has 0 aliphatic rings. The maximum atomic E-state index is 12.3. The lowest BCUT2D eigenvalue weighted by Gasteiger charge is -2.31. The zero-order chi connectivity index (χ0) is 15.3. The molecule has 0 saturated heterocycles. The van der Waals surface area contributed by atoms with Gasteiger partial charge in [-0.25, -0.2) is 0 Å². The number of hydrogen-bond acceptors (Lipinski definition) is 3. The minimum absolute atomic E-state index is 0.0756. The Morgan fingerprint density at radius 3 is 2.55 bits per heavy atom. The van der Waals surface area contributed by atoms with Gasteiger partial charge in [0.1, 0.15) is 0 Å². The van der Waals surface area contributed by atoms with Crippen LogP contribution in [0, 0.1) is 0 Å². The second-order valence-corrected chi connectivity index (χ2v) is 5.47. The number of likely N-dealkylation sites (N-methyl/N-ethyl adjacent to an activating group) is 1. The Bertz CT molecular complexity index is 460. The molecule has 5 heteroatoms. The van der Waals surface area contributed by atoms with Crippen molar-refractivity contribution in [2.24, 2.45) is 0 Å². The first-order chi connectivity index (χ1) is 9.40. The van der Waals surface area contributed by atoms with Crippen molar-refractivity contribution in [3.8, 4) is 0 Å². The zero-order valence-electron chi connectivity index (χ0n) is 12.6. The van der Waals surface area contributed by atoms with Crippen LogP contribution >= 0.6 is 11.6 Å². The first-order valence-electron chi connectivity index (χ1n) is 6.98. The minimum atomic E-state index is -0.224. The molecular weight excluding hydrogens is 274 g/mol. The zero-order valence-corrected chi connectivity index (χ0v) is 13.4. The van der Waals surface area contributed by atoms with Gasteiger partial charge in [0.2, 0.25) is 5.91 Å². The van der Waals surface area contributed by atoms with E-state index >= 15 is 0 Å². The summed E-state index contributed by atoms with van der Waals surface area (Å²) < 4.78 is 0. The summed E-state index contributed by atoms with van der Waals surface area (Å²) in [6.45, 7) is 6.16. The summed E-state index contributed by atoms with van der Waals surface area (Å²) in [6.07, 6.45) is 2.04. The number of benzene rings is 1. The lowest BCUT2D eigenvalue weighted by molar-refractivity contribution is -0.121. The Balaban J connectivity index is 2.77. The predicted octanol–water partition coefficient (Wildman–Crippen LogP) is 3.37. The highest BCUT2D eigenvalue weighted by Crippen LogP contribution is 2.23. The molecule has 0 aliphatic carbocycles. The van der Waals surface area contributed by atoms with Crippen molar-refractivity contribution in [2.45, 2.75) is 45.7 Å². The second kappa shape index (κ2) is 7.50. The van der Waals surface area contributed by atoms with Crippen LogP contribution in [-0.4, -0.2) is 29.9 Å². The third-order valence-electron chi connectivity index (χ3n) is 3.78. The maximum absolute atomic E-state index is 12.3. The predicted molar refractivity (Wildman–Crippen MR) is 86.1 cm³/mol. The standard InChI is InChI=1S/C15H24ClN3O/c1-5-12(6-2)19(4)10(3)15(20)18-14-9-11(16)7-8-13(14)17/h7-10,12H,5-6,17H2,1-4H3,(H,18,20). The van der Waals surface area contributed by atoms with Gasteiger partial charge < -0.3 is 11.1 Å². The number of anilines is 2. The van der Waals surface area contributed by atoms with Crippen molar-refractivity contribution >= 4 is 28.9 Å². The van der Waals surface area contributed by atoms with Gasteiger partial charge in [-0.05, 0) is 45.0 Å². The highest BCUT2D eigenvalue weighted by molar-refractivity contribution is 6.31. The molecule has 0 saturated carbocycles. The summed E-state index contributed by atoms with van der Waals surface area (Å²) in [4.78, 5) is 14.4. The van der Waals surface area contributed by atoms with E-state index in [9.17, 15) is 4.79 Å². The number of nitrogens with two attached hydrogens (primary N) is 1. The number of amides is 1. The Morgan fingerprint density at radius 1 is 1.40 bits per heavy atom. The molecule has 1 unspecified atom stereocenters. The van der Waals surface area contributed by atoms with Crippen LogP contribution in [0.3, 0.4) is 0 Å². The smallest absolute Gasteiger partial charge is 0.241 e. The van der Waals surface area contributed by atoms with Crippen LogP contribution in [0.15, 0.2) is 18.2 Å². The lowest BCUT2D eigenvalue weighted by atomic mass is 10.1. The average Bonchev–Trinajstić information content (AvgIpc) is 2.43. The topological polar surface area (TPSA) is 58.4 Å². The molecule has 0 fully saturated rings. The molecule has 1 aromatic carbocycles. The maximum Gasteiger partial charge on any atom is 0.241 e. The Morgan fingerprint density at radius 2 is 2.00 bits per heavy atom. The molecule has 0 aliphatic heterocycles.